The summed E-state index contributed by atoms with van der Waals surface area (Å²) >= 11 is 0. The van der Waals surface area contributed by atoms with Gasteiger partial charge in [-0.3, -0.25) is 4.79 Å². The van der Waals surface area contributed by atoms with E-state index in [4.69, 9.17) is 15.2 Å². The van der Waals surface area contributed by atoms with E-state index in [1.54, 1.807) is 39.3 Å². The van der Waals surface area contributed by atoms with Gasteiger partial charge >= 0.3 is 0 Å². The number of halogens is 1. The number of carbonyl (C=O) groups excluding carboxylic acids is 1. The zero-order chi connectivity index (χ0) is 16.8. The van der Waals surface area contributed by atoms with Crippen molar-refractivity contribution in [2.45, 2.75) is 13.0 Å². The predicted molar refractivity (Wildman–Crippen MR) is 98.0 cm³/mol. The molecule has 0 aromatic heterocycles. The second-order valence-corrected chi connectivity index (χ2v) is 5.28. The largest absolute Gasteiger partial charge is 0.497 e. The van der Waals surface area contributed by atoms with Crippen molar-refractivity contribution in [3.8, 4) is 11.5 Å². The summed E-state index contributed by atoms with van der Waals surface area (Å²) < 4.78 is 10.5. The Morgan fingerprint density at radius 1 is 1.08 bits per heavy atom. The van der Waals surface area contributed by atoms with E-state index in [0.29, 0.717) is 17.2 Å². The number of benzene rings is 2. The highest BCUT2D eigenvalue weighted by Gasteiger charge is 2.23. The maximum absolute atomic E-state index is 12.5. The van der Waals surface area contributed by atoms with Crippen LogP contribution in [0.5, 0.6) is 11.5 Å². The second kappa shape index (κ2) is 9.15. The SMILES string of the molecule is COc1ccc(OC)c(NC(=O)C(C)C(N)c2ccccc2)c1.Cl. The van der Waals surface area contributed by atoms with E-state index in [0.717, 1.165) is 5.56 Å². The minimum Gasteiger partial charge on any atom is -0.497 e. The molecule has 0 fully saturated rings. The third-order valence-corrected chi connectivity index (χ3v) is 3.80. The number of amides is 1. The van der Waals surface area contributed by atoms with Gasteiger partial charge in [0.1, 0.15) is 11.5 Å². The molecule has 0 saturated heterocycles. The van der Waals surface area contributed by atoms with Crippen molar-refractivity contribution in [1.82, 2.24) is 0 Å². The van der Waals surface area contributed by atoms with Crippen molar-refractivity contribution < 1.29 is 14.3 Å². The fraction of sp³-hybridized carbons (Fsp3) is 0.278. The highest BCUT2D eigenvalue weighted by Crippen LogP contribution is 2.30. The van der Waals surface area contributed by atoms with Crippen LogP contribution in [0.25, 0.3) is 0 Å². The van der Waals surface area contributed by atoms with Crippen LogP contribution >= 0.6 is 12.4 Å². The Bertz CT molecular complexity index is 665. The van der Waals surface area contributed by atoms with Crippen molar-refractivity contribution >= 4 is 24.0 Å². The Morgan fingerprint density at radius 2 is 1.75 bits per heavy atom. The molecule has 2 rings (SSSR count). The fourth-order valence-corrected chi connectivity index (χ4v) is 2.29. The molecule has 2 atom stereocenters. The van der Waals surface area contributed by atoms with Gasteiger partial charge in [-0.05, 0) is 17.7 Å². The van der Waals surface area contributed by atoms with Crippen LogP contribution in [-0.4, -0.2) is 20.1 Å². The zero-order valence-electron chi connectivity index (χ0n) is 14.0. The molecule has 0 saturated carbocycles. The van der Waals surface area contributed by atoms with E-state index in [9.17, 15) is 4.79 Å². The van der Waals surface area contributed by atoms with Gasteiger partial charge in [0, 0.05) is 12.1 Å². The van der Waals surface area contributed by atoms with E-state index >= 15 is 0 Å². The summed E-state index contributed by atoms with van der Waals surface area (Å²) in [7, 11) is 3.12. The number of hydrogen-bond acceptors (Lipinski definition) is 4. The summed E-state index contributed by atoms with van der Waals surface area (Å²) in [5.41, 5.74) is 7.69. The molecule has 0 radical (unpaired) electrons. The number of nitrogens with two attached hydrogens (primary N) is 1. The van der Waals surface area contributed by atoms with Gasteiger partial charge in [0.15, 0.2) is 0 Å². The summed E-state index contributed by atoms with van der Waals surface area (Å²) in [6.45, 7) is 1.81. The maximum atomic E-state index is 12.5. The smallest absolute Gasteiger partial charge is 0.229 e. The molecule has 2 unspecified atom stereocenters. The molecule has 6 heteroatoms. The van der Waals surface area contributed by atoms with E-state index in [1.165, 1.54) is 0 Å². The molecule has 0 aliphatic carbocycles. The lowest BCUT2D eigenvalue weighted by atomic mass is 9.94. The van der Waals surface area contributed by atoms with Crippen LogP contribution in [0.15, 0.2) is 48.5 Å². The molecule has 0 aliphatic rings. The lowest BCUT2D eigenvalue weighted by Crippen LogP contribution is -2.30. The van der Waals surface area contributed by atoms with Crippen LogP contribution in [0, 0.1) is 5.92 Å². The van der Waals surface area contributed by atoms with E-state index in [-0.39, 0.29) is 24.4 Å². The third kappa shape index (κ3) is 4.63. The average Bonchev–Trinajstić information content (AvgIpc) is 2.61. The van der Waals surface area contributed by atoms with Crippen LogP contribution in [0.3, 0.4) is 0 Å². The first-order chi connectivity index (χ1) is 11.1. The first-order valence-corrected chi connectivity index (χ1v) is 7.40. The van der Waals surface area contributed by atoms with Crippen molar-refractivity contribution in [1.29, 1.82) is 0 Å². The van der Waals surface area contributed by atoms with Crippen LogP contribution < -0.4 is 20.5 Å². The van der Waals surface area contributed by atoms with E-state index in [1.807, 2.05) is 30.3 Å². The number of anilines is 1. The summed E-state index contributed by atoms with van der Waals surface area (Å²) in [6, 6.07) is 14.4. The molecule has 0 heterocycles. The lowest BCUT2D eigenvalue weighted by molar-refractivity contribution is -0.120. The topological polar surface area (TPSA) is 73.6 Å². The molecule has 1 amide bonds. The Kier molecular flexibility index (Phi) is 7.55. The number of ether oxygens (including phenoxy) is 2. The number of methoxy groups -OCH3 is 2. The zero-order valence-corrected chi connectivity index (χ0v) is 14.8. The second-order valence-electron chi connectivity index (χ2n) is 5.28. The molecule has 24 heavy (non-hydrogen) atoms. The third-order valence-electron chi connectivity index (χ3n) is 3.80. The predicted octanol–water partition coefficient (Wildman–Crippen LogP) is 3.40. The molecular weight excluding hydrogens is 328 g/mol. The van der Waals surface area contributed by atoms with Gasteiger partial charge < -0.3 is 20.5 Å². The van der Waals surface area contributed by atoms with Crippen LogP contribution in [0.4, 0.5) is 5.69 Å². The van der Waals surface area contributed by atoms with Gasteiger partial charge in [0.2, 0.25) is 5.91 Å². The van der Waals surface area contributed by atoms with E-state index < -0.39 is 5.92 Å². The van der Waals surface area contributed by atoms with Gasteiger partial charge in [0.25, 0.3) is 0 Å². The van der Waals surface area contributed by atoms with Crippen molar-refractivity contribution in [3.05, 3.63) is 54.1 Å². The van der Waals surface area contributed by atoms with Crippen LogP contribution in [-0.2, 0) is 4.79 Å². The van der Waals surface area contributed by atoms with Crippen molar-refractivity contribution in [2.24, 2.45) is 11.7 Å². The fourth-order valence-electron chi connectivity index (χ4n) is 2.29. The van der Waals surface area contributed by atoms with Crippen LogP contribution in [0.1, 0.15) is 18.5 Å². The normalized spacial score (nSPS) is 12.5. The molecule has 0 bridgehead atoms. The maximum Gasteiger partial charge on any atom is 0.229 e. The standard InChI is InChI=1S/C18H22N2O3.ClH/c1-12(17(19)13-7-5-4-6-8-13)18(21)20-15-11-14(22-2)9-10-16(15)23-3;/h4-12,17H,19H2,1-3H3,(H,20,21);1H. The molecular formula is C18H23ClN2O3. The molecule has 5 nitrogen and oxygen atoms in total. The molecule has 2 aromatic rings. The molecule has 0 spiro atoms. The first-order valence-electron chi connectivity index (χ1n) is 7.40. The van der Waals surface area contributed by atoms with Gasteiger partial charge in [-0.15, -0.1) is 12.4 Å². The van der Waals surface area contributed by atoms with E-state index in [2.05, 4.69) is 5.32 Å². The molecule has 3 N–H and O–H groups in total. The van der Waals surface area contributed by atoms with Gasteiger partial charge in [-0.2, -0.15) is 0 Å². The molecule has 2 aromatic carbocycles. The summed E-state index contributed by atoms with van der Waals surface area (Å²) in [5, 5.41) is 2.86. The van der Waals surface area contributed by atoms with Gasteiger partial charge in [-0.1, -0.05) is 37.3 Å². The number of nitrogens with one attached hydrogen (secondary N) is 1. The van der Waals surface area contributed by atoms with Gasteiger partial charge in [-0.25, -0.2) is 0 Å². The number of hydrogen-bond donors (Lipinski definition) is 2. The minimum absolute atomic E-state index is 0. The number of carbonyl (C=O) groups is 1. The minimum atomic E-state index is -0.395. The first kappa shape index (κ1) is 19.8. The molecule has 0 aliphatic heterocycles. The van der Waals surface area contributed by atoms with Crippen molar-refractivity contribution in [2.75, 3.05) is 19.5 Å². The summed E-state index contributed by atoms with van der Waals surface area (Å²) in [4.78, 5) is 12.5. The van der Waals surface area contributed by atoms with Crippen LogP contribution in [0.2, 0.25) is 0 Å². The lowest BCUT2D eigenvalue weighted by Gasteiger charge is -2.20. The number of rotatable bonds is 6. The Labute approximate surface area is 148 Å². The highest BCUT2D eigenvalue weighted by molar-refractivity contribution is 5.94. The Balaban J connectivity index is 0.00000288. The monoisotopic (exact) mass is 350 g/mol. The Hall–Kier alpha value is -2.24. The average molecular weight is 351 g/mol. The summed E-state index contributed by atoms with van der Waals surface area (Å²) in [5.74, 6) is 0.641. The molecule has 130 valence electrons. The van der Waals surface area contributed by atoms with Gasteiger partial charge in [0.05, 0.1) is 25.8 Å². The Morgan fingerprint density at radius 3 is 2.33 bits per heavy atom. The highest BCUT2D eigenvalue weighted by atomic mass is 35.5. The van der Waals surface area contributed by atoms with Crippen molar-refractivity contribution in [3.63, 3.8) is 0 Å². The summed E-state index contributed by atoms with van der Waals surface area (Å²) in [6.07, 6.45) is 0. The quantitative estimate of drug-likeness (QED) is 0.837.